The van der Waals surface area contributed by atoms with Crippen molar-refractivity contribution in [1.29, 1.82) is 0 Å². The van der Waals surface area contributed by atoms with Gasteiger partial charge in [0.05, 0.1) is 17.4 Å². The number of hydrogen-bond acceptors (Lipinski definition) is 6. The van der Waals surface area contributed by atoms with Crippen LogP contribution in [0.25, 0.3) is 0 Å². The molecule has 2 fully saturated rings. The molecule has 3 heterocycles. The standard InChI is InChI=1S/C11H17N3O2S/c15-7-5-8(12-6-7)11-13-10(14-16-11)9-3-1-2-4-17-9/h7-9,12,15H,1-6H2. The van der Waals surface area contributed by atoms with Gasteiger partial charge in [-0.3, -0.25) is 0 Å². The van der Waals surface area contributed by atoms with Crippen LogP contribution in [0.15, 0.2) is 4.52 Å². The monoisotopic (exact) mass is 255 g/mol. The van der Waals surface area contributed by atoms with E-state index in [0.717, 1.165) is 12.2 Å². The second kappa shape index (κ2) is 4.96. The third-order valence-corrected chi connectivity index (χ3v) is 4.70. The van der Waals surface area contributed by atoms with Gasteiger partial charge in [-0.1, -0.05) is 11.6 Å². The van der Waals surface area contributed by atoms with Gasteiger partial charge >= 0.3 is 0 Å². The predicted octanol–water partition coefficient (Wildman–Crippen LogP) is 1.42. The Kier molecular flexibility index (Phi) is 3.35. The topological polar surface area (TPSA) is 71.2 Å². The average molecular weight is 255 g/mol. The largest absolute Gasteiger partial charge is 0.392 e. The highest BCUT2D eigenvalue weighted by molar-refractivity contribution is 7.99. The number of nitrogens with zero attached hydrogens (tertiary/aromatic N) is 2. The van der Waals surface area contributed by atoms with Crippen LogP contribution in [0.4, 0.5) is 0 Å². The van der Waals surface area contributed by atoms with Crippen molar-refractivity contribution in [3.05, 3.63) is 11.7 Å². The minimum atomic E-state index is -0.292. The highest BCUT2D eigenvalue weighted by atomic mass is 32.2. The highest BCUT2D eigenvalue weighted by Gasteiger charge is 2.29. The van der Waals surface area contributed by atoms with E-state index in [1.54, 1.807) is 0 Å². The van der Waals surface area contributed by atoms with Gasteiger partial charge in [-0.2, -0.15) is 16.7 Å². The van der Waals surface area contributed by atoms with Gasteiger partial charge < -0.3 is 14.9 Å². The smallest absolute Gasteiger partial charge is 0.243 e. The number of rotatable bonds is 2. The fourth-order valence-electron chi connectivity index (χ4n) is 2.37. The van der Waals surface area contributed by atoms with Gasteiger partial charge in [-0.25, -0.2) is 0 Å². The van der Waals surface area contributed by atoms with Crippen molar-refractivity contribution >= 4 is 11.8 Å². The highest BCUT2D eigenvalue weighted by Crippen LogP contribution is 2.37. The van der Waals surface area contributed by atoms with E-state index in [1.165, 1.54) is 18.6 Å². The van der Waals surface area contributed by atoms with E-state index in [2.05, 4.69) is 15.5 Å². The molecule has 2 N–H and O–H groups in total. The molecule has 2 aliphatic heterocycles. The molecule has 1 aromatic rings. The molecular weight excluding hydrogens is 238 g/mol. The summed E-state index contributed by atoms with van der Waals surface area (Å²) in [5.41, 5.74) is 0. The summed E-state index contributed by atoms with van der Waals surface area (Å²) in [6.45, 7) is 0.612. The molecule has 0 aromatic carbocycles. The fraction of sp³-hybridized carbons (Fsp3) is 0.818. The van der Waals surface area contributed by atoms with Crippen LogP contribution < -0.4 is 5.32 Å². The molecular formula is C11H17N3O2S. The van der Waals surface area contributed by atoms with Crippen LogP contribution in [-0.2, 0) is 0 Å². The van der Waals surface area contributed by atoms with Crippen LogP contribution in [-0.4, -0.2) is 33.6 Å². The lowest BCUT2D eigenvalue weighted by Gasteiger charge is -2.17. The number of aromatic nitrogens is 2. The maximum Gasteiger partial charge on any atom is 0.243 e. The Balaban J connectivity index is 1.69. The van der Waals surface area contributed by atoms with Crippen LogP contribution in [0.3, 0.4) is 0 Å². The maximum absolute atomic E-state index is 9.46. The summed E-state index contributed by atoms with van der Waals surface area (Å²) in [4.78, 5) is 4.48. The van der Waals surface area contributed by atoms with Crippen LogP contribution in [0.5, 0.6) is 0 Å². The van der Waals surface area contributed by atoms with Gasteiger partial charge in [-0.05, 0) is 25.0 Å². The zero-order valence-corrected chi connectivity index (χ0v) is 10.4. The summed E-state index contributed by atoms with van der Waals surface area (Å²) in [7, 11) is 0. The van der Waals surface area contributed by atoms with Crippen molar-refractivity contribution in [2.24, 2.45) is 0 Å². The summed E-state index contributed by atoms with van der Waals surface area (Å²) in [5.74, 6) is 2.64. The number of nitrogens with one attached hydrogen (secondary N) is 1. The van der Waals surface area contributed by atoms with Gasteiger partial charge in [-0.15, -0.1) is 0 Å². The molecule has 2 saturated heterocycles. The Morgan fingerprint density at radius 1 is 1.41 bits per heavy atom. The molecule has 1 aromatic heterocycles. The van der Waals surface area contributed by atoms with Crippen molar-refractivity contribution in [3.63, 3.8) is 0 Å². The van der Waals surface area contributed by atoms with E-state index in [0.29, 0.717) is 24.1 Å². The molecule has 0 spiro atoms. The molecule has 0 saturated carbocycles. The van der Waals surface area contributed by atoms with Crippen molar-refractivity contribution in [2.45, 2.75) is 43.1 Å². The first-order valence-electron chi connectivity index (χ1n) is 6.19. The summed E-state index contributed by atoms with van der Waals surface area (Å²) in [6.07, 6.45) is 4.06. The van der Waals surface area contributed by atoms with Crippen LogP contribution in [0.2, 0.25) is 0 Å². The van der Waals surface area contributed by atoms with Gasteiger partial charge in [0.2, 0.25) is 5.89 Å². The second-order valence-corrected chi connectivity index (χ2v) is 6.01. The first-order chi connectivity index (χ1) is 8.33. The maximum atomic E-state index is 9.46. The van der Waals surface area contributed by atoms with Gasteiger partial charge in [0.25, 0.3) is 0 Å². The Labute approximate surface area is 104 Å². The van der Waals surface area contributed by atoms with Crippen molar-refractivity contribution in [3.8, 4) is 0 Å². The van der Waals surface area contributed by atoms with Crippen molar-refractivity contribution in [2.75, 3.05) is 12.3 Å². The Bertz CT molecular complexity index is 359. The zero-order valence-electron chi connectivity index (χ0n) is 9.63. The zero-order chi connectivity index (χ0) is 11.7. The Morgan fingerprint density at radius 3 is 3.06 bits per heavy atom. The molecule has 6 heteroatoms. The molecule has 0 bridgehead atoms. The third-order valence-electron chi connectivity index (χ3n) is 3.33. The van der Waals surface area contributed by atoms with E-state index < -0.39 is 0 Å². The second-order valence-electron chi connectivity index (χ2n) is 4.70. The minimum absolute atomic E-state index is 0.0276. The van der Waals surface area contributed by atoms with Crippen molar-refractivity contribution < 1.29 is 9.63 Å². The van der Waals surface area contributed by atoms with Gasteiger partial charge in [0.1, 0.15) is 0 Å². The molecule has 0 aliphatic carbocycles. The van der Waals surface area contributed by atoms with E-state index in [4.69, 9.17) is 4.52 Å². The quantitative estimate of drug-likeness (QED) is 0.833. The lowest BCUT2D eigenvalue weighted by molar-refractivity contribution is 0.191. The fourth-order valence-corrected chi connectivity index (χ4v) is 3.60. The molecule has 0 amide bonds. The molecule has 3 rings (SSSR count). The number of aliphatic hydroxyl groups is 1. The van der Waals surface area contributed by atoms with E-state index in [1.807, 2.05) is 11.8 Å². The number of hydrogen-bond donors (Lipinski definition) is 2. The van der Waals surface area contributed by atoms with Crippen LogP contribution in [0, 0.1) is 0 Å². The molecule has 17 heavy (non-hydrogen) atoms. The average Bonchev–Trinajstić information content (AvgIpc) is 2.98. The van der Waals surface area contributed by atoms with Gasteiger partial charge in [0, 0.05) is 6.54 Å². The third kappa shape index (κ3) is 2.48. The Hall–Kier alpha value is -0.590. The van der Waals surface area contributed by atoms with Crippen LogP contribution in [0.1, 0.15) is 48.7 Å². The SMILES string of the molecule is OC1CNC(c2nc(C3CCCCS3)no2)C1. The molecule has 3 atom stereocenters. The van der Waals surface area contributed by atoms with Crippen LogP contribution >= 0.6 is 11.8 Å². The van der Waals surface area contributed by atoms with E-state index >= 15 is 0 Å². The number of β-amino-alcohol motifs (C(OH)–C–C–N with tert-alkyl or cyclic N) is 1. The molecule has 2 aliphatic rings. The Morgan fingerprint density at radius 2 is 2.35 bits per heavy atom. The first kappa shape index (κ1) is 11.5. The molecule has 5 nitrogen and oxygen atoms in total. The summed E-state index contributed by atoms with van der Waals surface area (Å²) in [5, 5.41) is 17.1. The first-order valence-corrected chi connectivity index (χ1v) is 7.24. The predicted molar refractivity (Wildman–Crippen MR) is 64.7 cm³/mol. The molecule has 94 valence electrons. The number of thioether (sulfide) groups is 1. The normalized spacial score (nSPS) is 34.1. The van der Waals surface area contributed by atoms with Crippen molar-refractivity contribution in [1.82, 2.24) is 15.5 Å². The minimum Gasteiger partial charge on any atom is -0.392 e. The summed E-state index contributed by atoms with van der Waals surface area (Å²) in [6, 6.07) is 0.0276. The molecule has 3 unspecified atom stereocenters. The number of aliphatic hydroxyl groups excluding tert-OH is 1. The van der Waals surface area contributed by atoms with E-state index in [-0.39, 0.29) is 12.1 Å². The molecule has 0 radical (unpaired) electrons. The van der Waals surface area contributed by atoms with E-state index in [9.17, 15) is 5.11 Å². The lowest BCUT2D eigenvalue weighted by Crippen LogP contribution is -2.15. The lowest BCUT2D eigenvalue weighted by atomic mass is 10.2. The summed E-state index contributed by atoms with van der Waals surface area (Å²) < 4.78 is 5.30. The summed E-state index contributed by atoms with van der Waals surface area (Å²) >= 11 is 1.92. The van der Waals surface area contributed by atoms with Gasteiger partial charge in [0.15, 0.2) is 5.82 Å².